The first-order valence-corrected chi connectivity index (χ1v) is 8.21. The van der Waals surface area contributed by atoms with Crippen LogP contribution in [0.2, 0.25) is 0 Å². The van der Waals surface area contributed by atoms with Crippen molar-refractivity contribution < 1.29 is 4.74 Å². The number of aryl methyl sites for hydroxylation is 1. The average Bonchev–Trinajstić information content (AvgIpc) is 2.85. The van der Waals surface area contributed by atoms with Gasteiger partial charge >= 0.3 is 0 Å². The molecule has 108 valence electrons. The van der Waals surface area contributed by atoms with Crippen molar-refractivity contribution >= 4 is 45.2 Å². The van der Waals surface area contributed by atoms with Crippen LogP contribution in [-0.4, -0.2) is 22.5 Å². The summed E-state index contributed by atoms with van der Waals surface area (Å²) in [5.74, 6) is 2.34. The maximum atomic E-state index is 5.93. The fraction of sp³-hybridized carbons (Fsp3) is 0.188. The fourth-order valence-corrected chi connectivity index (χ4v) is 2.89. The molecule has 2 aromatic carbocycles. The van der Waals surface area contributed by atoms with Gasteiger partial charge in [0.15, 0.2) is 0 Å². The van der Waals surface area contributed by atoms with E-state index < -0.39 is 0 Å². The number of aromatic nitrogens is 2. The molecule has 0 spiro atoms. The van der Waals surface area contributed by atoms with Gasteiger partial charge in [0.1, 0.15) is 11.6 Å². The van der Waals surface area contributed by atoms with Crippen LogP contribution in [0.3, 0.4) is 0 Å². The van der Waals surface area contributed by atoms with Gasteiger partial charge in [-0.15, -0.1) is 11.6 Å². The first-order valence-electron chi connectivity index (χ1n) is 6.60. The Morgan fingerprint density at radius 1 is 1.19 bits per heavy atom. The third-order valence-electron chi connectivity index (χ3n) is 3.33. The smallest absolute Gasteiger partial charge is 0.121 e. The molecule has 0 aliphatic rings. The van der Waals surface area contributed by atoms with Crippen LogP contribution in [0.15, 0.2) is 42.5 Å². The Balaban J connectivity index is 2.25. The second-order valence-corrected chi connectivity index (χ2v) is 6.26. The second kappa shape index (κ2) is 6.23. The Morgan fingerprint density at radius 3 is 2.62 bits per heavy atom. The first kappa shape index (κ1) is 14.7. The normalized spacial score (nSPS) is 11.0. The molecule has 0 atom stereocenters. The molecular weight excluding hydrogens is 399 g/mol. The van der Waals surface area contributed by atoms with Crippen LogP contribution in [0.1, 0.15) is 5.82 Å². The van der Waals surface area contributed by atoms with Crippen LogP contribution in [0, 0.1) is 3.57 Å². The first-order chi connectivity index (χ1) is 10.2. The van der Waals surface area contributed by atoms with Crippen LogP contribution >= 0.6 is 34.2 Å². The molecule has 3 nitrogen and oxygen atoms in total. The van der Waals surface area contributed by atoms with Crippen molar-refractivity contribution in [1.82, 2.24) is 9.55 Å². The number of hydrogen-bond acceptors (Lipinski definition) is 2. The molecule has 0 radical (unpaired) electrons. The van der Waals surface area contributed by atoms with Crippen molar-refractivity contribution in [3.8, 4) is 11.4 Å². The minimum absolute atomic E-state index is 0.546. The molecule has 3 aromatic rings. The summed E-state index contributed by atoms with van der Waals surface area (Å²) in [6, 6.07) is 14.3. The highest BCUT2D eigenvalue weighted by Gasteiger charge is 2.13. The average molecular weight is 413 g/mol. The van der Waals surface area contributed by atoms with Gasteiger partial charge in [-0.25, -0.2) is 4.98 Å². The Hall–Kier alpha value is -1.27. The highest BCUT2D eigenvalue weighted by molar-refractivity contribution is 14.1. The van der Waals surface area contributed by atoms with E-state index in [2.05, 4.69) is 51.4 Å². The van der Waals surface area contributed by atoms with Gasteiger partial charge in [-0.3, -0.25) is 4.57 Å². The van der Waals surface area contributed by atoms with Crippen LogP contribution in [0.5, 0.6) is 5.75 Å². The molecule has 5 heteroatoms. The summed E-state index contributed by atoms with van der Waals surface area (Å²) >= 11 is 8.23. The van der Waals surface area contributed by atoms with Gasteiger partial charge in [-0.2, -0.15) is 0 Å². The van der Waals surface area contributed by atoms with E-state index in [4.69, 9.17) is 21.3 Å². The monoisotopic (exact) mass is 412 g/mol. The molecule has 0 bridgehead atoms. The van der Waals surface area contributed by atoms with Gasteiger partial charge in [0.05, 0.1) is 18.1 Å². The predicted octanol–water partition coefficient (Wildman–Crippen LogP) is 4.42. The molecule has 0 aliphatic carbocycles. The maximum absolute atomic E-state index is 5.93. The summed E-state index contributed by atoms with van der Waals surface area (Å²) in [4.78, 5) is 4.70. The van der Waals surface area contributed by atoms with Crippen LogP contribution < -0.4 is 4.74 Å². The number of fused-ring (bicyclic) bond motifs is 1. The third kappa shape index (κ3) is 2.87. The molecule has 0 saturated carbocycles. The number of alkyl halides is 1. The number of imidazole rings is 1. The lowest BCUT2D eigenvalue weighted by molar-refractivity contribution is 0.415. The standard InChI is InChI=1S/C16H14ClIN2O/c1-21-13-6-7-14-15(10-13)20(16(19-14)8-9-17)12-4-2-11(18)3-5-12/h2-7,10H,8-9H2,1H3. The van der Waals surface area contributed by atoms with Gasteiger partial charge in [-0.1, -0.05) is 0 Å². The number of nitrogens with zero attached hydrogens (tertiary/aromatic N) is 2. The molecule has 0 unspecified atom stereocenters. The molecule has 0 fully saturated rings. The van der Waals surface area contributed by atoms with E-state index in [1.165, 1.54) is 3.57 Å². The molecule has 0 amide bonds. The number of ether oxygens (including phenoxy) is 1. The molecule has 0 N–H and O–H groups in total. The Morgan fingerprint density at radius 2 is 1.95 bits per heavy atom. The van der Waals surface area contributed by atoms with Crippen LogP contribution in [0.4, 0.5) is 0 Å². The molecular formula is C16H14ClIN2O. The lowest BCUT2D eigenvalue weighted by atomic mass is 10.2. The molecule has 3 rings (SSSR count). The SMILES string of the molecule is COc1ccc2nc(CCCl)n(-c3ccc(I)cc3)c2c1. The Labute approximate surface area is 142 Å². The number of halogens is 2. The second-order valence-electron chi connectivity index (χ2n) is 4.63. The maximum Gasteiger partial charge on any atom is 0.121 e. The summed E-state index contributed by atoms with van der Waals surface area (Å²) in [5, 5.41) is 0. The summed E-state index contributed by atoms with van der Waals surface area (Å²) < 4.78 is 8.69. The zero-order valence-electron chi connectivity index (χ0n) is 11.5. The highest BCUT2D eigenvalue weighted by atomic mass is 127. The van der Waals surface area contributed by atoms with E-state index in [-0.39, 0.29) is 0 Å². The molecule has 0 saturated heterocycles. The highest BCUT2D eigenvalue weighted by Crippen LogP contribution is 2.26. The number of rotatable bonds is 4. The lowest BCUT2D eigenvalue weighted by Gasteiger charge is -2.09. The van der Waals surface area contributed by atoms with Crippen molar-refractivity contribution in [2.45, 2.75) is 6.42 Å². The molecule has 1 aromatic heterocycles. The van der Waals surface area contributed by atoms with Gasteiger partial charge in [0, 0.05) is 27.6 Å². The van der Waals surface area contributed by atoms with E-state index in [1.807, 2.05) is 18.2 Å². The van der Waals surface area contributed by atoms with E-state index in [0.717, 1.165) is 34.7 Å². The van der Waals surface area contributed by atoms with E-state index >= 15 is 0 Å². The topological polar surface area (TPSA) is 27.1 Å². The van der Waals surface area contributed by atoms with Crippen LogP contribution in [0.25, 0.3) is 16.7 Å². The molecule has 0 aliphatic heterocycles. The van der Waals surface area contributed by atoms with Gasteiger partial charge in [0.2, 0.25) is 0 Å². The predicted molar refractivity (Wildman–Crippen MR) is 94.8 cm³/mol. The number of benzene rings is 2. The van der Waals surface area contributed by atoms with Crippen LogP contribution in [-0.2, 0) is 6.42 Å². The third-order valence-corrected chi connectivity index (χ3v) is 4.24. The largest absolute Gasteiger partial charge is 0.497 e. The Kier molecular flexibility index (Phi) is 4.35. The number of methoxy groups -OCH3 is 1. The van der Waals surface area contributed by atoms with Crippen molar-refractivity contribution in [1.29, 1.82) is 0 Å². The summed E-state index contributed by atoms with van der Waals surface area (Å²) in [6.45, 7) is 0. The van der Waals surface area contributed by atoms with Gasteiger partial charge < -0.3 is 4.74 Å². The van der Waals surface area contributed by atoms with Crippen molar-refractivity contribution in [2.24, 2.45) is 0 Å². The fourth-order valence-electron chi connectivity index (χ4n) is 2.36. The van der Waals surface area contributed by atoms with Gasteiger partial charge in [-0.05, 0) is 59.0 Å². The van der Waals surface area contributed by atoms with Gasteiger partial charge in [0.25, 0.3) is 0 Å². The summed E-state index contributed by atoms with van der Waals surface area (Å²) in [5.41, 5.74) is 3.08. The quantitative estimate of drug-likeness (QED) is 0.468. The zero-order valence-corrected chi connectivity index (χ0v) is 14.4. The molecule has 1 heterocycles. The minimum Gasteiger partial charge on any atom is -0.497 e. The minimum atomic E-state index is 0.546. The molecule has 21 heavy (non-hydrogen) atoms. The summed E-state index contributed by atoms with van der Waals surface area (Å²) in [6.07, 6.45) is 0.727. The lowest BCUT2D eigenvalue weighted by Crippen LogP contribution is -2.02. The van der Waals surface area contributed by atoms with Crippen molar-refractivity contribution in [3.63, 3.8) is 0 Å². The number of hydrogen-bond donors (Lipinski definition) is 0. The van der Waals surface area contributed by atoms with Crippen molar-refractivity contribution in [2.75, 3.05) is 13.0 Å². The van der Waals surface area contributed by atoms with E-state index in [0.29, 0.717) is 5.88 Å². The summed E-state index contributed by atoms with van der Waals surface area (Å²) in [7, 11) is 1.67. The van der Waals surface area contributed by atoms with Crippen molar-refractivity contribution in [3.05, 3.63) is 51.9 Å². The Bertz CT molecular complexity index is 768. The van der Waals surface area contributed by atoms with E-state index in [9.17, 15) is 0 Å². The zero-order chi connectivity index (χ0) is 14.8. The van der Waals surface area contributed by atoms with E-state index in [1.54, 1.807) is 7.11 Å².